The highest BCUT2D eigenvalue weighted by Gasteiger charge is 2.42. The number of hydrogen-bond acceptors (Lipinski definition) is 5. The monoisotopic (exact) mass is 282 g/mol. The molecule has 0 spiro atoms. The van der Waals surface area contributed by atoms with Crippen LogP contribution in [0.15, 0.2) is 0 Å². The van der Waals surface area contributed by atoms with Crippen LogP contribution in [0, 0.1) is 18.2 Å². The van der Waals surface area contributed by atoms with Gasteiger partial charge in [0.1, 0.15) is 5.60 Å². The Balaban J connectivity index is 2.40. The van der Waals surface area contributed by atoms with Gasteiger partial charge in [-0.1, -0.05) is 13.8 Å². The number of aromatic nitrogens is 2. The van der Waals surface area contributed by atoms with Crippen molar-refractivity contribution in [1.29, 1.82) is 0 Å². The lowest BCUT2D eigenvalue weighted by molar-refractivity contribution is -0.0730. The fourth-order valence-electron chi connectivity index (χ4n) is 2.71. The van der Waals surface area contributed by atoms with E-state index in [1.165, 1.54) is 0 Å². The molecule has 0 atom stereocenters. The first-order valence-electron chi connectivity index (χ1n) is 6.90. The Morgan fingerprint density at radius 3 is 2.30 bits per heavy atom. The molecule has 1 fully saturated rings. The molecule has 0 radical (unpaired) electrons. The number of ether oxygens (including phenoxy) is 1. The maximum atomic E-state index is 13.8. The van der Waals surface area contributed by atoms with Crippen LogP contribution >= 0.6 is 0 Å². The number of aryl methyl sites for hydroxylation is 1. The van der Waals surface area contributed by atoms with Crippen molar-refractivity contribution in [2.75, 3.05) is 12.5 Å². The first kappa shape index (κ1) is 15.1. The molecule has 1 aliphatic carbocycles. The van der Waals surface area contributed by atoms with Gasteiger partial charge in [0.05, 0.1) is 5.69 Å². The molecule has 112 valence electrons. The summed E-state index contributed by atoms with van der Waals surface area (Å²) in [5, 5.41) is 0. The van der Waals surface area contributed by atoms with Crippen molar-refractivity contribution in [1.82, 2.24) is 9.97 Å². The van der Waals surface area contributed by atoms with Gasteiger partial charge in [-0.15, -0.1) is 0 Å². The fraction of sp³-hybridized carbons (Fsp3) is 0.714. The molecule has 20 heavy (non-hydrogen) atoms. The zero-order valence-electron chi connectivity index (χ0n) is 12.6. The summed E-state index contributed by atoms with van der Waals surface area (Å²) in [5.41, 5.74) is 2.33. The molecular weight excluding hydrogens is 259 g/mol. The third-order valence-corrected chi connectivity index (χ3v) is 4.36. The minimum Gasteiger partial charge on any atom is -0.370 e. The molecule has 0 aromatic carbocycles. The summed E-state index contributed by atoms with van der Waals surface area (Å²) in [4.78, 5) is 8.51. The minimum atomic E-state index is -0.542. The van der Waals surface area contributed by atoms with E-state index in [1.54, 1.807) is 14.0 Å². The second kappa shape index (κ2) is 5.26. The summed E-state index contributed by atoms with van der Waals surface area (Å²) in [7, 11) is 1.66. The Bertz CT molecular complexity index is 494. The Morgan fingerprint density at radius 1 is 1.20 bits per heavy atom. The molecule has 0 aliphatic heterocycles. The lowest BCUT2D eigenvalue weighted by atomic mass is 9.70. The summed E-state index contributed by atoms with van der Waals surface area (Å²) in [5.74, 6) is 5.35. The van der Waals surface area contributed by atoms with Crippen molar-refractivity contribution >= 4 is 5.82 Å². The first-order valence-corrected chi connectivity index (χ1v) is 6.90. The average Bonchev–Trinajstić information content (AvgIpc) is 2.42. The highest BCUT2D eigenvalue weighted by molar-refractivity contribution is 5.37. The zero-order chi connectivity index (χ0) is 15.0. The molecule has 1 saturated carbocycles. The van der Waals surface area contributed by atoms with E-state index in [-0.39, 0.29) is 11.5 Å². The smallest absolute Gasteiger partial charge is 0.187 e. The van der Waals surface area contributed by atoms with Crippen molar-refractivity contribution in [3.8, 4) is 0 Å². The SMILES string of the molecule is COC1(c2nc(C)c(F)c(NN)n2)CCC(C)(C)CC1. The topological polar surface area (TPSA) is 73.1 Å². The number of rotatable bonds is 3. The number of hydrogen-bond donors (Lipinski definition) is 2. The summed E-state index contributed by atoms with van der Waals surface area (Å²) < 4.78 is 19.5. The number of methoxy groups -OCH3 is 1. The summed E-state index contributed by atoms with van der Waals surface area (Å²) >= 11 is 0. The van der Waals surface area contributed by atoms with E-state index in [4.69, 9.17) is 10.6 Å². The molecule has 6 heteroatoms. The van der Waals surface area contributed by atoms with E-state index in [9.17, 15) is 4.39 Å². The Hall–Kier alpha value is -1.27. The maximum Gasteiger partial charge on any atom is 0.187 e. The largest absolute Gasteiger partial charge is 0.370 e. The van der Waals surface area contributed by atoms with E-state index in [1.807, 2.05) is 0 Å². The molecule has 2 rings (SSSR count). The van der Waals surface area contributed by atoms with E-state index in [0.29, 0.717) is 11.2 Å². The molecular formula is C14H23FN4O. The highest BCUT2D eigenvalue weighted by atomic mass is 19.1. The molecule has 0 saturated heterocycles. The molecule has 1 heterocycles. The minimum absolute atomic E-state index is 0.0220. The van der Waals surface area contributed by atoms with Gasteiger partial charge in [0, 0.05) is 7.11 Å². The number of halogens is 1. The van der Waals surface area contributed by atoms with Gasteiger partial charge >= 0.3 is 0 Å². The maximum absolute atomic E-state index is 13.8. The van der Waals surface area contributed by atoms with Crippen molar-refractivity contribution in [3.63, 3.8) is 0 Å². The molecule has 3 N–H and O–H groups in total. The molecule has 1 aromatic rings. The number of nitrogens with zero attached hydrogens (tertiary/aromatic N) is 2. The Labute approximate surface area is 119 Å². The fourth-order valence-corrected chi connectivity index (χ4v) is 2.71. The molecule has 1 aromatic heterocycles. The number of nitrogens with two attached hydrogens (primary N) is 1. The number of anilines is 1. The second-order valence-corrected chi connectivity index (χ2v) is 6.30. The number of nitrogen functional groups attached to an aromatic ring is 1. The van der Waals surface area contributed by atoms with Crippen LogP contribution < -0.4 is 11.3 Å². The van der Waals surface area contributed by atoms with E-state index >= 15 is 0 Å². The summed E-state index contributed by atoms with van der Waals surface area (Å²) in [6, 6.07) is 0. The first-order chi connectivity index (χ1) is 9.33. The second-order valence-electron chi connectivity index (χ2n) is 6.30. The standard InChI is InChI=1S/C14H23FN4O/c1-9-10(15)11(19-16)18-12(17-9)14(20-4)7-5-13(2,3)6-8-14/h5-8,16H2,1-4H3,(H,17,18,19). The van der Waals surface area contributed by atoms with Crippen molar-refractivity contribution in [2.45, 2.75) is 52.1 Å². The highest BCUT2D eigenvalue weighted by Crippen LogP contribution is 2.46. The van der Waals surface area contributed by atoms with Crippen molar-refractivity contribution < 1.29 is 9.13 Å². The molecule has 0 bridgehead atoms. The summed E-state index contributed by atoms with van der Waals surface area (Å²) in [6.45, 7) is 6.10. The quantitative estimate of drug-likeness (QED) is 0.658. The summed E-state index contributed by atoms with van der Waals surface area (Å²) in [6.07, 6.45) is 3.69. The predicted octanol–water partition coefficient (Wildman–Crippen LogP) is 2.65. The molecule has 0 unspecified atom stereocenters. The van der Waals surface area contributed by atoms with Crippen molar-refractivity contribution in [3.05, 3.63) is 17.3 Å². The van der Waals surface area contributed by atoms with Gasteiger partial charge in [-0.05, 0) is 38.0 Å². The molecule has 1 aliphatic rings. The van der Waals surface area contributed by atoms with E-state index in [0.717, 1.165) is 25.7 Å². The van der Waals surface area contributed by atoms with E-state index < -0.39 is 11.4 Å². The normalized spacial score (nSPS) is 20.7. The number of nitrogens with one attached hydrogen (secondary N) is 1. The predicted molar refractivity (Wildman–Crippen MR) is 75.5 cm³/mol. The average molecular weight is 282 g/mol. The van der Waals surface area contributed by atoms with Crippen LogP contribution in [0.1, 0.15) is 51.0 Å². The Kier molecular flexibility index (Phi) is 3.97. The van der Waals surface area contributed by atoms with Crippen LogP contribution in [0.3, 0.4) is 0 Å². The van der Waals surface area contributed by atoms with Gasteiger partial charge in [0.2, 0.25) is 0 Å². The van der Waals surface area contributed by atoms with Crippen LogP contribution in [0.25, 0.3) is 0 Å². The van der Waals surface area contributed by atoms with E-state index in [2.05, 4.69) is 29.2 Å². The van der Waals surface area contributed by atoms with Gasteiger partial charge in [-0.3, -0.25) is 0 Å². The van der Waals surface area contributed by atoms with Crippen LogP contribution in [-0.2, 0) is 10.3 Å². The van der Waals surface area contributed by atoms with Crippen molar-refractivity contribution in [2.24, 2.45) is 11.3 Å². The van der Waals surface area contributed by atoms with Gasteiger partial charge in [0.15, 0.2) is 17.5 Å². The lowest BCUT2D eigenvalue weighted by Gasteiger charge is -2.41. The lowest BCUT2D eigenvalue weighted by Crippen LogP contribution is -2.38. The van der Waals surface area contributed by atoms with Crippen LogP contribution in [0.5, 0.6) is 0 Å². The molecule has 0 amide bonds. The van der Waals surface area contributed by atoms with Gasteiger partial charge in [-0.2, -0.15) is 0 Å². The van der Waals surface area contributed by atoms with Crippen LogP contribution in [0.2, 0.25) is 0 Å². The van der Waals surface area contributed by atoms with Gasteiger partial charge < -0.3 is 10.2 Å². The Morgan fingerprint density at radius 2 is 1.80 bits per heavy atom. The van der Waals surface area contributed by atoms with Crippen LogP contribution in [0.4, 0.5) is 10.2 Å². The van der Waals surface area contributed by atoms with Crippen LogP contribution in [-0.4, -0.2) is 17.1 Å². The zero-order valence-corrected chi connectivity index (χ0v) is 12.6. The van der Waals surface area contributed by atoms with Gasteiger partial charge in [0.25, 0.3) is 0 Å². The van der Waals surface area contributed by atoms with Gasteiger partial charge in [-0.25, -0.2) is 20.2 Å². The third kappa shape index (κ3) is 2.62. The molecule has 5 nitrogen and oxygen atoms in total. The number of hydrazine groups is 1. The third-order valence-electron chi connectivity index (χ3n) is 4.36.